The number of carbonyl (C=O) groups is 1. The van der Waals surface area contributed by atoms with Crippen molar-refractivity contribution >= 4 is 21.6 Å². The molecular formula is C20H32N4O3S. The lowest BCUT2D eigenvalue weighted by Gasteiger charge is -2.45. The predicted octanol–water partition coefficient (Wildman–Crippen LogP) is 1.32. The summed E-state index contributed by atoms with van der Waals surface area (Å²) in [5.41, 5.74) is 1.62. The summed E-state index contributed by atoms with van der Waals surface area (Å²) in [5, 5.41) is 0. The highest BCUT2D eigenvalue weighted by molar-refractivity contribution is 7.88. The predicted molar refractivity (Wildman–Crippen MR) is 112 cm³/mol. The maximum atomic E-state index is 12.9. The summed E-state index contributed by atoms with van der Waals surface area (Å²) in [7, 11) is 0.777. The molecule has 0 saturated carbocycles. The van der Waals surface area contributed by atoms with E-state index < -0.39 is 10.0 Å². The molecule has 28 heavy (non-hydrogen) atoms. The van der Waals surface area contributed by atoms with Crippen LogP contribution >= 0.6 is 0 Å². The minimum atomic E-state index is -3.16. The number of sulfonamides is 1. The lowest BCUT2D eigenvalue weighted by atomic mass is 9.92. The Morgan fingerprint density at radius 2 is 1.82 bits per heavy atom. The van der Waals surface area contributed by atoms with Crippen LogP contribution in [0.1, 0.15) is 30.1 Å². The minimum Gasteiger partial charge on any atom is -0.378 e. The third kappa shape index (κ3) is 4.18. The molecule has 2 aliphatic rings. The maximum absolute atomic E-state index is 12.9. The van der Waals surface area contributed by atoms with Gasteiger partial charge in [-0.3, -0.25) is 9.69 Å². The van der Waals surface area contributed by atoms with Gasteiger partial charge in [0, 0.05) is 70.2 Å². The second-order valence-electron chi connectivity index (χ2n) is 8.15. The van der Waals surface area contributed by atoms with Crippen LogP contribution in [-0.4, -0.2) is 93.6 Å². The molecule has 1 atom stereocenters. The molecule has 2 fully saturated rings. The summed E-state index contributed by atoms with van der Waals surface area (Å²) in [6, 6.07) is 7.72. The molecule has 3 rings (SSSR count). The number of benzene rings is 1. The molecule has 0 aromatic heterocycles. The lowest BCUT2D eigenvalue weighted by Crippen LogP contribution is -2.59. The van der Waals surface area contributed by atoms with Crippen LogP contribution in [-0.2, 0) is 10.0 Å². The van der Waals surface area contributed by atoms with Gasteiger partial charge in [-0.2, -0.15) is 0 Å². The first-order valence-electron chi connectivity index (χ1n) is 9.93. The number of hydrogen-bond acceptors (Lipinski definition) is 5. The van der Waals surface area contributed by atoms with Crippen molar-refractivity contribution in [3.8, 4) is 0 Å². The molecule has 1 amide bonds. The number of amides is 1. The average molecular weight is 409 g/mol. The first kappa shape index (κ1) is 21.1. The highest BCUT2D eigenvalue weighted by Crippen LogP contribution is 2.33. The number of anilines is 1. The first-order chi connectivity index (χ1) is 13.2. The monoisotopic (exact) mass is 408 g/mol. The molecule has 0 bridgehead atoms. The van der Waals surface area contributed by atoms with Gasteiger partial charge >= 0.3 is 0 Å². The Bertz CT molecular complexity index is 818. The van der Waals surface area contributed by atoms with Gasteiger partial charge in [0.15, 0.2) is 0 Å². The van der Waals surface area contributed by atoms with Gasteiger partial charge in [-0.1, -0.05) is 13.0 Å². The van der Waals surface area contributed by atoms with E-state index in [4.69, 9.17) is 0 Å². The molecule has 2 saturated heterocycles. The molecule has 1 aromatic carbocycles. The van der Waals surface area contributed by atoms with E-state index >= 15 is 0 Å². The van der Waals surface area contributed by atoms with E-state index in [1.165, 1.54) is 6.26 Å². The van der Waals surface area contributed by atoms with Gasteiger partial charge in [-0.25, -0.2) is 12.7 Å². The standard InChI is InChI=1S/C20H32N4O3S/c1-5-20(9-10-24(16-20)28(4,26)27)23-13-11-22(12-14-23)19(25)17-7-6-8-18(15-17)21(2)3/h6-8,15H,5,9-14,16H2,1-4H3. The summed E-state index contributed by atoms with van der Waals surface area (Å²) in [4.78, 5) is 19.2. The highest BCUT2D eigenvalue weighted by atomic mass is 32.2. The van der Waals surface area contributed by atoms with Gasteiger partial charge in [-0.05, 0) is 31.0 Å². The van der Waals surface area contributed by atoms with Crippen molar-refractivity contribution in [3.05, 3.63) is 29.8 Å². The molecule has 0 radical (unpaired) electrons. The second-order valence-corrected chi connectivity index (χ2v) is 10.1. The van der Waals surface area contributed by atoms with Crippen molar-refractivity contribution in [2.24, 2.45) is 0 Å². The minimum absolute atomic E-state index is 0.0677. The number of piperazine rings is 1. The number of carbonyl (C=O) groups excluding carboxylic acids is 1. The summed E-state index contributed by atoms with van der Waals surface area (Å²) in [6.45, 7) is 6.19. The summed E-state index contributed by atoms with van der Waals surface area (Å²) < 4.78 is 25.5. The molecule has 0 N–H and O–H groups in total. The maximum Gasteiger partial charge on any atom is 0.254 e. The van der Waals surface area contributed by atoms with Gasteiger partial charge < -0.3 is 9.80 Å². The Kier molecular flexibility index (Phi) is 6.03. The van der Waals surface area contributed by atoms with Crippen molar-refractivity contribution in [2.45, 2.75) is 25.3 Å². The first-order valence-corrected chi connectivity index (χ1v) is 11.8. The zero-order chi connectivity index (χ0) is 20.5. The third-order valence-electron chi connectivity index (χ3n) is 6.27. The Morgan fingerprint density at radius 3 is 2.36 bits per heavy atom. The van der Waals surface area contributed by atoms with Crippen molar-refractivity contribution in [2.75, 3.05) is 64.5 Å². The normalized spacial score (nSPS) is 24.5. The van der Waals surface area contributed by atoms with Crippen LogP contribution in [0.4, 0.5) is 5.69 Å². The highest BCUT2D eigenvalue weighted by Gasteiger charge is 2.45. The summed E-state index contributed by atoms with van der Waals surface area (Å²) in [6.07, 6.45) is 3.06. The van der Waals surface area contributed by atoms with Crippen LogP contribution in [0, 0.1) is 0 Å². The van der Waals surface area contributed by atoms with Crippen LogP contribution in [0.5, 0.6) is 0 Å². The smallest absolute Gasteiger partial charge is 0.254 e. The molecular weight excluding hydrogens is 376 g/mol. The van der Waals surface area contributed by atoms with E-state index in [-0.39, 0.29) is 11.4 Å². The van der Waals surface area contributed by atoms with Crippen LogP contribution < -0.4 is 4.90 Å². The van der Waals surface area contributed by atoms with Crippen LogP contribution in [0.15, 0.2) is 24.3 Å². The van der Waals surface area contributed by atoms with Crippen LogP contribution in [0.25, 0.3) is 0 Å². The SMILES string of the molecule is CCC1(N2CCN(C(=O)c3cccc(N(C)C)c3)CC2)CCN(S(C)(=O)=O)C1. The molecule has 7 nitrogen and oxygen atoms in total. The molecule has 156 valence electrons. The second kappa shape index (κ2) is 8.00. The topological polar surface area (TPSA) is 64.2 Å². The molecule has 0 spiro atoms. The zero-order valence-corrected chi connectivity index (χ0v) is 18.2. The number of hydrogen-bond donors (Lipinski definition) is 0. The van der Waals surface area contributed by atoms with E-state index in [9.17, 15) is 13.2 Å². The van der Waals surface area contributed by atoms with Gasteiger partial charge in [-0.15, -0.1) is 0 Å². The molecule has 1 aromatic rings. The van der Waals surface area contributed by atoms with Gasteiger partial charge in [0.05, 0.1) is 6.26 Å². The van der Waals surface area contributed by atoms with Crippen molar-refractivity contribution < 1.29 is 13.2 Å². The number of rotatable bonds is 5. The third-order valence-corrected chi connectivity index (χ3v) is 7.52. The van der Waals surface area contributed by atoms with E-state index in [0.717, 1.165) is 31.6 Å². The van der Waals surface area contributed by atoms with Crippen molar-refractivity contribution in [1.82, 2.24) is 14.1 Å². The number of nitrogens with zero attached hydrogens (tertiary/aromatic N) is 4. The van der Waals surface area contributed by atoms with E-state index in [2.05, 4.69) is 11.8 Å². The Labute approximate surface area is 168 Å². The fraction of sp³-hybridized carbons (Fsp3) is 0.650. The van der Waals surface area contributed by atoms with E-state index in [1.54, 1.807) is 4.31 Å². The van der Waals surface area contributed by atoms with Crippen molar-refractivity contribution in [3.63, 3.8) is 0 Å². The molecule has 0 aliphatic carbocycles. The molecule has 2 heterocycles. The Hall–Kier alpha value is -1.64. The summed E-state index contributed by atoms with van der Waals surface area (Å²) in [5.74, 6) is 0.0677. The quantitative estimate of drug-likeness (QED) is 0.735. The van der Waals surface area contributed by atoms with Gasteiger partial charge in [0.1, 0.15) is 0 Å². The van der Waals surface area contributed by atoms with Gasteiger partial charge in [0.25, 0.3) is 5.91 Å². The largest absolute Gasteiger partial charge is 0.378 e. The Balaban J connectivity index is 1.65. The average Bonchev–Trinajstić information content (AvgIpc) is 3.14. The van der Waals surface area contributed by atoms with Crippen LogP contribution in [0.3, 0.4) is 0 Å². The molecule has 2 aliphatic heterocycles. The fourth-order valence-electron chi connectivity index (χ4n) is 4.36. The van der Waals surface area contributed by atoms with Crippen molar-refractivity contribution in [1.29, 1.82) is 0 Å². The lowest BCUT2D eigenvalue weighted by molar-refractivity contribution is 0.0313. The van der Waals surface area contributed by atoms with E-state index in [0.29, 0.717) is 31.7 Å². The van der Waals surface area contributed by atoms with E-state index in [1.807, 2.05) is 48.2 Å². The zero-order valence-electron chi connectivity index (χ0n) is 17.4. The summed E-state index contributed by atoms with van der Waals surface area (Å²) >= 11 is 0. The molecule has 8 heteroatoms. The molecule has 1 unspecified atom stereocenters. The van der Waals surface area contributed by atoms with Crippen LogP contribution in [0.2, 0.25) is 0 Å². The fourth-order valence-corrected chi connectivity index (χ4v) is 5.25. The Morgan fingerprint density at radius 1 is 1.14 bits per heavy atom. The van der Waals surface area contributed by atoms with Gasteiger partial charge in [0.2, 0.25) is 10.0 Å².